The summed E-state index contributed by atoms with van der Waals surface area (Å²) in [6.45, 7) is 2.83. The summed E-state index contributed by atoms with van der Waals surface area (Å²) < 4.78 is 32.3. The number of carbonyl (C=O) groups is 1. The first-order chi connectivity index (χ1) is 7.38. The van der Waals surface area contributed by atoms with E-state index in [0.717, 1.165) is 0 Å². The van der Waals surface area contributed by atoms with E-state index in [4.69, 9.17) is 4.74 Å². The van der Waals surface area contributed by atoms with Gasteiger partial charge in [0, 0.05) is 24.9 Å². The van der Waals surface area contributed by atoms with E-state index in [0.29, 0.717) is 0 Å². The Morgan fingerprint density at radius 1 is 1.50 bits per heavy atom. The van der Waals surface area contributed by atoms with Gasteiger partial charge in [-0.2, -0.15) is 0 Å². The molecule has 0 radical (unpaired) electrons. The number of fused-ring (bicyclic) bond motifs is 1. The highest BCUT2D eigenvalue weighted by Crippen LogP contribution is 2.51. The van der Waals surface area contributed by atoms with Crippen molar-refractivity contribution < 1.29 is 23.4 Å². The van der Waals surface area contributed by atoms with Gasteiger partial charge in [0.2, 0.25) is 0 Å². The molecular formula is C11H16F2O3. The maximum atomic E-state index is 13.7. The molecule has 1 aliphatic carbocycles. The molecule has 0 aromatic heterocycles. The van der Waals surface area contributed by atoms with Crippen LogP contribution in [0.5, 0.6) is 0 Å². The molecule has 1 saturated carbocycles. The predicted octanol–water partition coefficient (Wildman–Crippen LogP) is 1.45. The third-order valence-corrected chi connectivity index (χ3v) is 4.12. The largest absolute Gasteiger partial charge is 0.462 e. The zero-order chi connectivity index (χ0) is 12.1. The fourth-order valence-electron chi connectivity index (χ4n) is 3.10. The fraction of sp³-hybridized carbons (Fsp3) is 0.909. The molecule has 92 valence electrons. The van der Waals surface area contributed by atoms with Crippen LogP contribution in [-0.4, -0.2) is 29.7 Å². The van der Waals surface area contributed by atoms with E-state index in [-0.39, 0.29) is 18.6 Å². The highest BCUT2D eigenvalue weighted by atomic mass is 19.3. The number of carbonyl (C=O) groups excluding carboxylic acids is 1. The highest BCUT2D eigenvalue weighted by Gasteiger charge is 2.59. The first-order valence-corrected chi connectivity index (χ1v) is 5.57. The summed E-state index contributed by atoms with van der Waals surface area (Å²) >= 11 is 0. The van der Waals surface area contributed by atoms with E-state index in [1.807, 2.05) is 0 Å². The van der Waals surface area contributed by atoms with Crippen LogP contribution < -0.4 is 0 Å². The lowest BCUT2D eigenvalue weighted by atomic mass is 9.65. The third-order valence-electron chi connectivity index (χ3n) is 4.12. The molecule has 0 amide bonds. The van der Waals surface area contributed by atoms with E-state index >= 15 is 0 Å². The Balaban J connectivity index is 2.32. The van der Waals surface area contributed by atoms with Gasteiger partial charge in [-0.3, -0.25) is 4.79 Å². The van der Waals surface area contributed by atoms with Gasteiger partial charge in [-0.15, -0.1) is 0 Å². The van der Waals surface area contributed by atoms with Crippen LogP contribution >= 0.6 is 0 Å². The fourth-order valence-corrected chi connectivity index (χ4v) is 3.10. The van der Waals surface area contributed by atoms with Crippen LogP contribution in [0.15, 0.2) is 0 Å². The molecule has 5 heteroatoms. The van der Waals surface area contributed by atoms with Gasteiger partial charge >= 0.3 is 5.97 Å². The Morgan fingerprint density at radius 2 is 2.12 bits per heavy atom. The van der Waals surface area contributed by atoms with E-state index in [1.165, 1.54) is 6.92 Å². The topological polar surface area (TPSA) is 46.5 Å². The summed E-state index contributed by atoms with van der Waals surface area (Å²) in [7, 11) is 0. The van der Waals surface area contributed by atoms with E-state index in [2.05, 4.69) is 0 Å². The minimum Gasteiger partial charge on any atom is -0.462 e. The minimum absolute atomic E-state index is 0.271. The maximum absolute atomic E-state index is 13.7. The number of aliphatic hydroxyl groups is 1. The predicted molar refractivity (Wildman–Crippen MR) is 51.8 cm³/mol. The Labute approximate surface area is 92.8 Å². The zero-order valence-electron chi connectivity index (χ0n) is 9.32. The number of esters is 1. The zero-order valence-corrected chi connectivity index (χ0v) is 9.32. The molecule has 1 aliphatic heterocycles. The molecule has 5 atom stereocenters. The van der Waals surface area contributed by atoms with Crippen LogP contribution in [0.1, 0.15) is 20.3 Å². The van der Waals surface area contributed by atoms with Crippen molar-refractivity contribution >= 4 is 5.97 Å². The van der Waals surface area contributed by atoms with Gasteiger partial charge in [-0.25, -0.2) is 8.78 Å². The van der Waals surface area contributed by atoms with Crippen LogP contribution in [0.2, 0.25) is 0 Å². The van der Waals surface area contributed by atoms with Gasteiger partial charge in [-0.05, 0) is 12.8 Å². The number of ether oxygens (including phenoxy) is 1. The van der Waals surface area contributed by atoms with Crippen molar-refractivity contribution in [1.29, 1.82) is 0 Å². The van der Waals surface area contributed by atoms with Gasteiger partial charge < -0.3 is 9.84 Å². The number of rotatable bonds is 1. The number of aliphatic hydroxyl groups excluding tert-OH is 1. The summed E-state index contributed by atoms with van der Waals surface area (Å²) in [5.74, 6) is -5.92. The molecule has 1 heterocycles. The second kappa shape index (κ2) is 3.65. The molecule has 2 unspecified atom stereocenters. The first-order valence-electron chi connectivity index (χ1n) is 5.57. The normalized spacial score (nSPS) is 46.3. The van der Waals surface area contributed by atoms with Crippen LogP contribution in [0.25, 0.3) is 0 Å². The molecule has 0 bridgehead atoms. The minimum atomic E-state index is -2.89. The highest BCUT2D eigenvalue weighted by molar-refractivity contribution is 5.75. The average Bonchev–Trinajstić information content (AvgIpc) is 2.44. The van der Waals surface area contributed by atoms with Crippen molar-refractivity contribution in [1.82, 2.24) is 0 Å². The molecule has 1 N–H and O–H groups in total. The van der Waals surface area contributed by atoms with Gasteiger partial charge in [0.1, 0.15) is 6.10 Å². The molecule has 3 nitrogen and oxygen atoms in total. The Hall–Kier alpha value is -0.710. The number of hydrogen-bond donors (Lipinski definition) is 1. The summed E-state index contributed by atoms with van der Waals surface area (Å²) in [6, 6.07) is 0. The second-order valence-electron chi connectivity index (χ2n) is 4.93. The monoisotopic (exact) mass is 234 g/mol. The van der Waals surface area contributed by atoms with E-state index in [1.54, 1.807) is 6.92 Å². The van der Waals surface area contributed by atoms with Gasteiger partial charge in [0.15, 0.2) is 0 Å². The number of alkyl halides is 2. The van der Waals surface area contributed by atoms with Crippen molar-refractivity contribution in [3.63, 3.8) is 0 Å². The lowest BCUT2D eigenvalue weighted by Gasteiger charge is -2.41. The standard InChI is InChI=1S/C11H16F2O3/c1-5-8(4-14)9-6(2)16-10(15)7(9)3-11(5,12)13/h5-9,14H,3-4H2,1-2H3/t5?,6-,7-,8+,9?/m1/s1. The van der Waals surface area contributed by atoms with Crippen molar-refractivity contribution in [2.45, 2.75) is 32.3 Å². The molecule has 0 spiro atoms. The molecule has 2 fully saturated rings. The van der Waals surface area contributed by atoms with Crippen LogP contribution in [0.3, 0.4) is 0 Å². The van der Waals surface area contributed by atoms with Gasteiger partial charge in [-0.1, -0.05) is 6.92 Å². The quantitative estimate of drug-likeness (QED) is 0.698. The lowest BCUT2D eigenvalue weighted by molar-refractivity contribution is -0.157. The lowest BCUT2D eigenvalue weighted by Crippen LogP contribution is -2.48. The van der Waals surface area contributed by atoms with Crippen molar-refractivity contribution in [3.05, 3.63) is 0 Å². The summed E-state index contributed by atoms with van der Waals surface area (Å²) in [5.41, 5.74) is 0. The Bertz CT molecular complexity index is 306. The summed E-state index contributed by atoms with van der Waals surface area (Å²) in [5, 5.41) is 9.24. The molecule has 0 aromatic rings. The summed E-state index contributed by atoms with van der Waals surface area (Å²) in [4.78, 5) is 11.4. The molecular weight excluding hydrogens is 218 g/mol. The van der Waals surface area contributed by atoms with E-state index in [9.17, 15) is 18.7 Å². The third kappa shape index (κ3) is 1.52. The number of cyclic esters (lactones) is 1. The van der Waals surface area contributed by atoms with Gasteiger partial charge in [0.05, 0.1) is 5.92 Å². The van der Waals surface area contributed by atoms with Crippen molar-refractivity contribution in [2.75, 3.05) is 6.61 Å². The van der Waals surface area contributed by atoms with Crippen molar-refractivity contribution in [3.8, 4) is 0 Å². The maximum Gasteiger partial charge on any atom is 0.309 e. The SMILES string of the molecule is CC1[C@H](CO)C2[C@@H](C)OC(=O)[C@@H]2CC1(F)F. The molecule has 0 aromatic carbocycles. The van der Waals surface area contributed by atoms with Gasteiger partial charge in [0.25, 0.3) is 5.92 Å². The Morgan fingerprint density at radius 3 is 2.69 bits per heavy atom. The second-order valence-corrected chi connectivity index (χ2v) is 4.93. The number of hydrogen-bond acceptors (Lipinski definition) is 3. The Kier molecular flexibility index (Phi) is 2.69. The summed E-state index contributed by atoms with van der Waals surface area (Å²) in [6.07, 6.45) is -0.813. The first kappa shape index (κ1) is 11.8. The van der Waals surface area contributed by atoms with E-state index < -0.39 is 36.1 Å². The molecule has 1 saturated heterocycles. The average molecular weight is 234 g/mol. The van der Waals surface area contributed by atoms with Crippen LogP contribution in [0, 0.1) is 23.7 Å². The number of halogens is 2. The van der Waals surface area contributed by atoms with Crippen LogP contribution in [0.4, 0.5) is 8.78 Å². The molecule has 16 heavy (non-hydrogen) atoms. The smallest absolute Gasteiger partial charge is 0.309 e. The van der Waals surface area contributed by atoms with Crippen LogP contribution in [-0.2, 0) is 9.53 Å². The molecule has 2 rings (SSSR count). The van der Waals surface area contributed by atoms with Crippen molar-refractivity contribution in [2.24, 2.45) is 23.7 Å². The molecule has 2 aliphatic rings.